The summed E-state index contributed by atoms with van der Waals surface area (Å²) in [5, 5.41) is 9.84. The molecule has 2 aromatic carbocycles. The third kappa shape index (κ3) is 3.82. The summed E-state index contributed by atoms with van der Waals surface area (Å²) in [7, 11) is 1.51. The van der Waals surface area contributed by atoms with E-state index in [1.54, 1.807) is 24.3 Å². The summed E-state index contributed by atoms with van der Waals surface area (Å²) in [6, 6.07) is 10.8. The second-order valence-electron chi connectivity index (χ2n) is 5.17. The fourth-order valence-electron chi connectivity index (χ4n) is 2.11. The lowest BCUT2D eigenvalue weighted by atomic mass is 10.2. The number of benzene rings is 2. The quantitative estimate of drug-likeness (QED) is 0.758. The van der Waals surface area contributed by atoms with E-state index in [0.717, 1.165) is 24.3 Å². The number of amides is 1. The van der Waals surface area contributed by atoms with Crippen LogP contribution < -0.4 is 10.1 Å². The van der Waals surface area contributed by atoms with Crippen LogP contribution in [-0.4, -0.2) is 23.2 Å². The van der Waals surface area contributed by atoms with Gasteiger partial charge in [-0.15, -0.1) is 10.2 Å². The molecule has 0 spiro atoms. The molecule has 1 N–H and O–H groups in total. The third-order valence-electron chi connectivity index (χ3n) is 3.41. The average Bonchev–Trinajstić information content (AvgIpc) is 3.12. The van der Waals surface area contributed by atoms with Crippen molar-refractivity contribution in [2.24, 2.45) is 0 Å². The SMILES string of the molecule is COc1cccc(-c2nnc(C(=O)Nc3ccc(C(F)(F)F)cc3)o2)c1. The molecule has 3 aromatic rings. The van der Waals surface area contributed by atoms with Crippen LogP contribution in [0.15, 0.2) is 52.9 Å². The number of nitrogens with one attached hydrogen (secondary N) is 1. The Bertz CT molecular complexity index is 921. The Morgan fingerprint density at radius 2 is 1.85 bits per heavy atom. The van der Waals surface area contributed by atoms with Gasteiger partial charge in [-0.1, -0.05) is 6.07 Å². The van der Waals surface area contributed by atoms with Crippen LogP contribution in [0.25, 0.3) is 11.5 Å². The highest BCUT2D eigenvalue weighted by Gasteiger charge is 2.30. The highest BCUT2D eigenvalue weighted by atomic mass is 19.4. The Morgan fingerprint density at radius 3 is 2.50 bits per heavy atom. The van der Waals surface area contributed by atoms with Gasteiger partial charge in [0.1, 0.15) is 5.75 Å². The Kier molecular flexibility index (Phi) is 4.61. The summed E-state index contributed by atoms with van der Waals surface area (Å²) in [6.45, 7) is 0. The van der Waals surface area contributed by atoms with Gasteiger partial charge in [0.2, 0.25) is 5.89 Å². The lowest BCUT2D eigenvalue weighted by Crippen LogP contribution is -2.12. The van der Waals surface area contributed by atoms with Crippen LogP contribution >= 0.6 is 0 Å². The van der Waals surface area contributed by atoms with E-state index in [2.05, 4.69) is 15.5 Å². The number of aromatic nitrogens is 2. The molecule has 6 nitrogen and oxygen atoms in total. The number of nitrogens with zero attached hydrogens (tertiary/aromatic N) is 2. The summed E-state index contributed by atoms with van der Waals surface area (Å²) in [4.78, 5) is 12.1. The van der Waals surface area contributed by atoms with Crippen molar-refractivity contribution < 1.29 is 27.1 Å². The van der Waals surface area contributed by atoms with Crippen molar-refractivity contribution in [3.05, 3.63) is 60.0 Å². The second kappa shape index (κ2) is 6.87. The van der Waals surface area contributed by atoms with Crippen molar-refractivity contribution in [2.75, 3.05) is 12.4 Å². The number of anilines is 1. The summed E-state index contributed by atoms with van der Waals surface area (Å²) in [5.41, 5.74) is -0.0804. The molecule has 3 rings (SSSR count). The van der Waals surface area contributed by atoms with Crippen LogP contribution in [0.3, 0.4) is 0 Å². The molecule has 0 unspecified atom stereocenters. The number of carbonyl (C=O) groups is 1. The standard InChI is InChI=1S/C17H12F3N3O3/c1-25-13-4-2-3-10(9-13)15-22-23-16(26-15)14(24)21-12-7-5-11(6-8-12)17(18,19)20/h2-9H,1H3,(H,21,24). The highest BCUT2D eigenvalue weighted by Crippen LogP contribution is 2.30. The molecule has 1 heterocycles. The van der Waals surface area contributed by atoms with Gasteiger partial charge in [0.05, 0.1) is 12.7 Å². The van der Waals surface area contributed by atoms with Crippen molar-refractivity contribution in [3.8, 4) is 17.2 Å². The molecule has 0 atom stereocenters. The van der Waals surface area contributed by atoms with Crippen LogP contribution in [0.5, 0.6) is 5.75 Å². The number of halogens is 3. The highest BCUT2D eigenvalue weighted by molar-refractivity contribution is 6.00. The molecule has 9 heteroatoms. The van der Waals surface area contributed by atoms with Crippen molar-refractivity contribution >= 4 is 11.6 Å². The van der Waals surface area contributed by atoms with Gasteiger partial charge in [0, 0.05) is 11.3 Å². The minimum absolute atomic E-state index is 0.112. The van der Waals surface area contributed by atoms with Gasteiger partial charge in [-0.3, -0.25) is 4.79 Å². The number of rotatable bonds is 4. The Morgan fingerprint density at radius 1 is 1.12 bits per heavy atom. The van der Waals surface area contributed by atoms with Gasteiger partial charge < -0.3 is 14.5 Å². The van der Waals surface area contributed by atoms with E-state index in [4.69, 9.17) is 9.15 Å². The average molecular weight is 363 g/mol. The molecule has 0 fully saturated rings. The molecule has 1 aromatic heterocycles. The van der Waals surface area contributed by atoms with Crippen LogP contribution in [0, 0.1) is 0 Å². The maximum Gasteiger partial charge on any atom is 0.416 e. The summed E-state index contributed by atoms with van der Waals surface area (Å²) in [6.07, 6.45) is -4.44. The number of hydrogen-bond donors (Lipinski definition) is 1. The normalized spacial score (nSPS) is 11.2. The first-order chi connectivity index (χ1) is 12.4. The summed E-state index contributed by atoms with van der Waals surface area (Å²) >= 11 is 0. The molecule has 0 saturated heterocycles. The predicted octanol–water partition coefficient (Wildman–Crippen LogP) is 4.02. The van der Waals surface area contributed by atoms with E-state index in [9.17, 15) is 18.0 Å². The zero-order valence-electron chi connectivity index (χ0n) is 13.4. The van der Waals surface area contributed by atoms with E-state index >= 15 is 0 Å². The molecule has 26 heavy (non-hydrogen) atoms. The number of alkyl halides is 3. The number of ether oxygens (including phenoxy) is 1. The monoisotopic (exact) mass is 363 g/mol. The van der Waals surface area contributed by atoms with E-state index in [-0.39, 0.29) is 17.5 Å². The van der Waals surface area contributed by atoms with E-state index in [1.165, 1.54) is 7.11 Å². The van der Waals surface area contributed by atoms with Crippen molar-refractivity contribution in [2.45, 2.75) is 6.18 Å². The first-order valence-electron chi connectivity index (χ1n) is 7.33. The Balaban J connectivity index is 1.74. The first-order valence-corrected chi connectivity index (χ1v) is 7.33. The van der Waals surface area contributed by atoms with Gasteiger partial charge in [0.15, 0.2) is 0 Å². The topological polar surface area (TPSA) is 77.2 Å². The molecule has 0 radical (unpaired) electrons. The van der Waals surface area contributed by atoms with Crippen LogP contribution in [0.2, 0.25) is 0 Å². The van der Waals surface area contributed by atoms with Gasteiger partial charge >= 0.3 is 18.0 Å². The summed E-state index contributed by atoms with van der Waals surface area (Å²) < 4.78 is 48.0. The van der Waals surface area contributed by atoms with Gasteiger partial charge in [-0.2, -0.15) is 13.2 Å². The number of carbonyl (C=O) groups excluding carboxylic acids is 1. The van der Waals surface area contributed by atoms with Gasteiger partial charge in [-0.25, -0.2) is 0 Å². The van der Waals surface area contributed by atoms with Crippen LogP contribution in [-0.2, 0) is 6.18 Å². The van der Waals surface area contributed by atoms with Crippen molar-refractivity contribution in [1.82, 2.24) is 10.2 Å². The van der Waals surface area contributed by atoms with Gasteiger partial charge in [0.25, 0.3) is 0 Å². The first kappa shape index (κ1) is 17.5. The predicted molar refractivity (Wildman–Crippen MR) is 85.7 cm³/mol. The third-order valence-corrected chi connectivity index (χ3v) is 3.41. The zero-order valence-corrected chi connectivity index (χ0v) is 13.4. The molecule has 134 valence electrons. The van der Waals surface area contributed by atoms with Crippen LogP contribution in [0.1, 0.15) is 16.2 Å². The fraction of sp³-hybridized carbons (Fsp3) is 0.118. The van der Waals surface area contributed by atoms with E-state index in [1.807, 2.05) is 0 Å². The molecule has 0 bridgehead atoms. The molecule has 0 saturated carbocycles. The molecule has 0 aliphatic carbocycles. The van der Waals surface area contributed by atoms with Gasteiger partial charge in [-0.05, 0) is 42.5 Å². The molecular weight excluding hydrogens is 351 g/mol. The fourth-order valence-corrected chi connectivity index (χ4v) is 2.11. The smallest absolute Gasteiger partial charge is 0.416 e. The minimum Gasteiger partial charge on any atom is -0.497 e. The van der Waals surface area contributed by atoms with E-state index < -0.39 is 17.6 Å². The maximum atomic E-state index is 12.5. The lowest BCUT2D eigenvalue weighted by molar-refractivity contribution is -0.137. The van der Waals surface area contributed by atoms with Crippen LogP contribution in [0.4, 0.5) is 18.9 Å². The second-order valence-corrected chi connectivity index (χ2v) is 5.17. The zero-order chi connectivity index (χ0) is 18.7. The summed E-state index contributed by atoms with van der Waals surface area (Å²) in [5.74, 6) is -0.355. The largest absolute Gasteiger partial charge is 0.497 e. The minimum atomic E-state index is -4.44. The van der Waals surface area contributed by atoms with Crippen molar-refractivity contribution in [1.29, 1.82) is 0 Å². The number of hydrogen-bond acceptors (Lipinski definition) is 5. The Hall–Kier alpha value is -3.36. The lowest BCUT2D eigenvalue weighted by Gasteiger charge is -2.07. The molecular formula is C17H12F3N3O3. The van der Waals surface area contributed by atoms with E-state index in [0.29, 0.717) is 11.3 Å². The number of methoxy groups -OCH3 is 1. The maximum absolute atomic E-state index is 12.5. The van der Waals surface area contributed by atoms with Crippen molar-refractivity contribution in [3.63, 3.8) is 0 Å². The molecule has 0 aliphatic rings. The molecule has 0 aliphatic heterocycles. The molecule has 1 amide bonds. The Labute approximate surface area is 145 Å².